The van der Waals surface area contributed by atoms with Gasteiger partial charge in [-0.05, 0) is 41.8 Å². The van der Waals surface area contributed by atoms with E-state index >= 15 is 0 Å². The molecule has 2 aromatic carbocycles. The average Bonchev–Trinajstić information content (AvgIpc) is 3.27. The zero-order valence-corrected chi connectivity index (χ0v) is 16.8. The lowest BCUT2D eigenvalue weighted by atomic mass is 10.0. The van der Waals surface area contributed by atoms with Crippen LogP contribution in [0.5, 0.6) is 0 Å². The highest BCUT2D eigenvalue weighted by Gasteiger charge is 2.64. The lowest BCUT2D eigenvalue weighted by Gasteiger charge is -2.06. The molecule has 1 aliphatic rings. The number of carbonyl (C=O) groups is 3. The minimum absolute atomic E-state index is 0.00323. The molecule has 0 unspecified atom stereocenters. The van der Waals surface area contributed by atoms with Crippen LogP contribution in [0.3, 0.4) is 0 Å². The number of halogens is 2. The zero-order valence-electron chi connectivity index (χ0n) is 15.3. The summed E-state index contributed by atoms with van der Waals surface area (Å²) in [4.78, 5) is 33.6. The molecule has 1 fully saturated rings. The van der Waals surface area contributed by atoms with Crippen molar-refractivity contribution in [1.29, 1.82) is 0 Å². The molecule has 0 heterocycles. The van der Waals surface area contributed by atoms with Gasteiger partial charge in [-0.15, -0.1) is 23.2 Å². The third kappa shape index (κ3) is 4.71. The van der Waals surface area contributed by atoms with Gasteiger partial charge in [0.2, 0.25) is 0 Å². The first-order valence-corrected chi connectivity index (χ1v) is 9.78. The Morgan fingerprint density at radius 3 is 1.79 bits per heavy atom. The summed E-state index contributed by atoms with van der Waals surface area (Å²) in [5.74, 6) is -2.52. The van der Waals surface area contributed by atoms with Crippen LogP contribution in [-0.4, -0.2) is 38.9 Å². The Morgan fingerprint density at radius 2 is 1.34 bits per heavy atom. The SMILES string of the molecule is O=C(O)CCCNC(=O)c1ccc([C@H]2[C@H](c3ccc(C(=O)O)cc3)C2(Cl)Cl)cc1. The Balaban J connectivity index is 1.65. The van der Waals surface area contributed by atoms with E-state index in [9.17, 15) is 14.4 Å². The molecular weight excluding hydrogens is 417 g/mol. The number of nitrogens with one attached hydrogen (secondary N) is 1. The summed E-state index contributed by atoms with van der Waals surface area (Å²) in [7, 11) is 0. The molecule has 0 bridgehead atoms. The third-order valence-electron chi connectivity index (χ3n) is 4.96. The number of alkyl halides is 2. The summed E-state index contributed by atoms with van der Waals surface area (Å²) in [6.45, 7) is 0.288. The molecule has 1 saturated carbocycles. The highest BCUT2D eigenvalue weighted by Crippen LogP contribution is 2.70. The van der Waals surface area contributed by atoms with Crippen molar-refractivity contribution in [3.05, 3.63) is 70.8 Å². The van der Waals surface area contributed by atoms with Gasteiger partial charge in [-0.1, -0.05) is 24.3 Å². The maximum absolute atomic E-state index is 12.1. The monoisotopic (exact) mass is 435 g/mol. The maximum atomic E-state index is 12.1. The van der Waals surface area contributed by atoms with Crippen LogP contribution in [0.15, 0.2) is 48.5 Å². The molecule has 0 aromatic heterocycles. The largest absolute Gasteiger partial charge is 0.481 e. The number of hydrogen-bond acceptors (Lipinski definition) is 3. The second-order valence-corrected chi connectivity index (χ2v) is 8.38. The number of benzene rings is 2. The molecule has 1 aliphatic carbocycles. The van der Waals surface area contributed by atoms with Crippen molar-refractivity contribution in [3.63, 3.8) is 0 Å². The van der Waals surface area contributed by atoms with E-state index in [-0.39, 0.29) is 36.3 Å². The van der Waals surface area contributed by atoms with Crippen LogP contribution in [0, 0.1) is 0 Å². The van der Waals surface area contributed by atoms with E-state index in [0.717, 1.165) is 11.1 Å². The molecule has 3 N–H and O–H groups in total. The predicted molar refractivity (Wildman–Crippen MR) is 109 cm³/mol. The Bertz CT molecular complexity index is 925. The van der Waals surface area contributed by atoms with E-state index in [0.29, 0.717) is 12.0 Å². The van der Waals surface area contributed by atoms with E-state index in [1.54, 1.807) is 36.4 Å². The van der Waals surface area contributed by atoms with Gasteiger partial charge in [-0.3, -0.25) is 9.59 Å². The number of rotatable bonds is 8. The fraction of sp³-hybridized carbons (Fsp3) is 0.286. The van der Waals surface area contributed by atoms with Crippen molar-refractivity contribution in [2.24, 2.45) is 0 Å². The van der Waals surface area contributed by atoms with Crippen molar-refractivity contribution >= 4 is 41.0 Å². The molecule has 0 spiro atoms. The standard InChI is InChI=1S/C21H19Cl2NO5/c22-21(23)17(18(21)13-5-9-15(10-6-13)20(28)29)12-3-7-14(8-4-12)19(27)24-11-1-2-16(25)26/h3-10,17-18H,1-2,11H2,(H,24,27)(H,25,26)(H,28,29)/t17-,18-/m0/s1. The van der Waals surface area contributed by atoms with Crippen LogP contribution < -0.4 is 5.32 Å². The van der Waals surface area contributed by atoms with Crippen LogP contribution in [0.2, 0.25) is 0 Å². The van der Waals surface area contributed by atoms with Crippen LogP contribution in [0.25, 0.3) is 0 Å². The van der Waals surface area contributed by atoms with Gasteiger partial charge >= 0.3 is 11.9 Å². The summed E-state index contributed by atoms with van der Waals surface area (Å²) in [5, 5.41) is 20.3. The van der Waals surface area contributed by atoms with Crippen molar-refractivity contribution in [2.75, 3.05) is 6.54 Å². The third-order valence-corrected chi connectivity index (χ3v) is 5.90. The van der Waals surface area contributed by atoms with Gasteiger partial charge < -0.3 is 15.5 Å². The summed E-state index contributed by atoms with van der Waals surface area (Å²) >= 11 is 13.0. The molecule has 0 radical (unpaired) electrons. The van der Waals surface area contributed by atoms with Gasteiger partial charge in [-0.25, -0.2) is 4.79 Å². The van der Waals surface area contributed by atoms with Crippen molar-refractivity contribution in [1.82, 2.24) is 5.32 Å². The second-order valence-electron chi connectivity index (χ2n) is 6.93. The van der Waals surface area contributed by atoms with Crippen molar-refractivity contribution in [2.45, 2.75) is 29.0 Å². The molecule has 6 nitrogen and oxygen atoms in total. The van der Waals surface area contributed by atoms with E-state index in [1.165, 1.54) is 12.1 Å². The maximum Gasteiger partial charge on any atom is 0.335 e. The Kier molecular flexibility index (Phi) is 6.15. The van der Waals surface area contributed by atoms with E-state index in [2.05, 4.69) is 5.32 Å². The number of carboxylic acid groups (broad SMARTS) is 2. The van der Waals surface area contributed by atoms with Crippen molar-refractivity contribution in [3.8, 4) is 0 Å². The molecule has 2 atom stereocenters. The van der Waals surface area contributed by atoms with Crippen molar-refractivity contribution < 1.29 is 24.6 Å². The van der Waals surface area contributed by atoms with Gasteiger partial charge in [0.15, 0.2) is 0 Å². The number of aliphatic carboxylic acids is 1. The second kappa shape index (κ2) is 8.43. The minimum atomic E-state index is -1.01. The minimum Gasteiger partial charge on any atom is -0.481 e. The molecule has 1 amide bonds. The fourth-order valence-electron chi connectivity index (χ4n) is 3.37. The highest BCUT2D eigenvalue weighted by molar-refractivity contribution is 6.52. The fourth-order valence-corrected chi connectivity index (χ4v) is 4.26. The Morgan fingerprint density at radius 1 is 0.862 bits per heavy atom. The summed E-state index contributed by atoms with van der Waals surface area (Å²) < 4.78 is -1.01. The smallest absolute Gasteiger partial charge is 0.335 e. The molecule has 2 aromatic rings. The van der Waals surface area contributed by atoms with Crippen LogP contribution in [-0.2, 0) is 4.79 Å². The van der Waals surface area contributed by atoms with Gasteiger partial charge in [0, 0.05) is 30.4 Å². The summed E-state index contributed by atoms with van der Waals surface area (Å²) in [5.41, 5.74) is 2.39. The normalized spacial score (nSPS) is 19.4. The molecule has 152 valence electrons. The number of carbonyl (C=O) groups excluding carboxylic acids is 1. The Labute approximate surface area is 177 Å². The molecule has 8 heteroatoms. The average molecular weight is 436 g/mol. The quantitative estimate of drug-likeness (QED) is 0.428. The molecule has 0 saturated heterocycles. The zero-order chi connectivity index (χ0) is 21.2. The lowest BCUT2D eigenvalue weighted by molar-refractivity contribution is -0.137. The topological polar surface area (TPSA) is 104 Å². The number of hydrogen-bond donors (Lipinski definition) is 3. The predicted octanol–water partition coefficient (Wildman–Crippen LogP) is 4.03. The first-order valence-electron chi connectivity index (χ1n) is 9.03. The van der Waals surface area contributed by atoms with Gasteiger partial charge in [0.25, 0.3) is 5.91 Å². The van der Waals surface area contributed by atoms with Crippen LogP contribution in [0.4, 0.5) is 0 Å². The van der Waals surface area contributed by atoms with Crippen LogP contribution >= 0.6 is 23.2 Å². The summed E-state index contributed by atoms with van der Waals surface area (Å²) in [6, 6.07) is 13.4. The Hall–Kier alpha value is -2.57. The van der Waals surface area contributed by atoms with Crippen LogP contribution in [0.1, 0.15) is 56.5 Å². The van der Waals surface area contributed by atoms with Gasteiger partial charge in [0.1, 0.15) is 4.33 Å². The van der Waals surface area contributed by atoms with E-state index in [1.807, 2.05) is 0 Å². The van der Waals surface area contributed by atoms with Gasteiger partial charge in [0.05, 0.1) is 5.56 Å². The number of aromatic carboxylic acids is 1. The van der Waals surface area contributed by atoms with Gasteiger partial charge in [-0.2, -0.15) is 0 Å². The molecular formula is C21H19Cl2NO5. The first-order chi connectivity index (χ1) is 13.7. The molecule has 29 heavy (non-hydrogen) atoms. The van der Waals surface area contributed by atoms with E-state index in [4.69, 9.17) is 33.4 Å². The molecule has 0 aliphatic heterocycles. The number of carboxylic acids is 2. The van der Waals surface area contributed by atoms with E-state index < -0.39 is 16.3 Å². The molecule has 3 rings (SSSR count). The highest BCUT2D eigenvalue weighted by atomic mass is 35.5. The number of amides is 1. The summed E-state index contributed by atoms with van der Waals surface area (Å²) in [6.07, 6.45) is 0.369. The lowest BCUT2D eigenvalue weighted by Crippen LogP contribution is -2.24. The first kappa shape index (κ1) is 21.1.